The summed E-state index contributed by atoms with van der Waals surface area (Å²) in [4.78, 5) is 15.4. The summed E-state index contributed by atoms with van der Waals surface area (Å²) >= 11 is 1.53. The van der Waals surface area contributed by atoms with Gasteiger partial charge in [-0.15, -0.1) is 11.3 Å². The predicted molar refractivity (Wildman–Crippen MR) is 71.6 cm³/mol. The molecule has 1 saturated heterocycles. The van der Waals surface area contributed by atoms with Crippen molar-refractivity contribution in [3.8, 4) is 0 Å². The Kier molecular flexibility index (Phi) is 4.17. The van der Waals surface area contributed by atoms with Crippen LogP contribution in [-0.4, -0.2) is 30.7 Å². The Bertz CT molecular complexity index is 533. The van der Waals surface area contributed by atoms with Gasteiger partial charge in [-0.05, 0) is 25.7 Å². The minimum Gasteiger partial charge on any atom is -0.300 e. The number of aromatic nitrogens is 1. The molecule has 1 atom stereocenters. The van der Waals surface area contributed by atoms with Gasteiger partial charge in [0.25, 0.3) is 0 Å². The van der Waals surface area contributed by atoms with E-state index in [1.54, 1.807) is 6.92 Å². The van der Waals surface area contributed by atoms with Gasteiger partial charge in [0.15, 0.2) is 9.84 Å². The molecule has 1 aromatic rings. The van der Waals surface area contributed by atoms with Gasteiger partial charge in [-0.25, -0.2) is 13.4 Å². The maximum absolute atomic E-state index is 11.5. The number of ketones is 1. The van der Waals surface area contributed by atoms with Gasteiger partial charge in [0.1, 0.15) is 5.78 Å². The molecule has 1 fully saturated rings. The summed E-state index contributed by atoms with van der Waals surface area (Å²) in [7, 11) is -2.84. The van der Waals surface area contributed by atoms with Crippen molar-refractivity contribution in [2.75, 3.05) is 11.5 Å². The average molecular weight is 287 g/mol. The quantitative estimate of drug-likeness (QED) is 0.844. The number of carbonyl (C=O) groups excluding carboxylic acids is 1. The number of nitrogens with zero attached hydrogens (tertiary/aromatic N) is 1. The summed E-state index contributed by atoms with van der Waals surface area (Å²) in [5, 5.41) is 2.85. The molecular formula is C12H17NO3S2. The molecule has 6 heteroatoms. The molecule has 0 saturated carbocycles. The lowest BCUT2D eigenvalue weighted by molar-refractivity contribution is -0.116. The molecule has 100 valence electrons. The SMILES string of the molecule is CC(=O)Cc1csc(CC2CCCS(=O)(=O)C2)n1. The van der Waals surface area contributed by atoms with Crippen molar-refractivity contribution in [1.29, 1.82) is 0 Å². The molecule has 1 aliphatic heterocycles. The minimum atomic E-state index is -2.84. The van der Waals surface area contributed by atoms with Crippen LogP contribution in [0.15, 0.2) is 5.38 Å². The maximum Gasteiger partial charge on any atom is 0.150 e. The third-order valence-corrected chi connectivity index (χ3v) is 5.86. The van der Waals surface area contributed by atoms with Gasteiger partial charge in [-0.3, -0.25) is 4.79 Å². The second-order valence-corrected chi connectivity index (χ2v) is 8.11. The molecule has 1 aliphatic rings. The van der Waals surface area contributed by atoms with Crippen molar-refractivity contribution in [2.24, 2.45) is 5.92 Å². The molecule has 0 amide bonds. The Labute approximate surface area is 111 Å². The molecule has 2 heterocycles. The van der Waals surface area contributed by atoms with Crippen molar-refractivity contribution >= 4 is 27.0 Å². The second-order valence-electron chi connectivity index (χ2n) is 4.94. The third-order valence-electron chi connectivity index (χ3n) is 3.05. The molecule has 4 nitrogen and oxygen atoms in total. The van der Waals surface area contributed by atoms with E-state index in [0.29, 0.717) is 12.2 Å². The first kappa shape index (κ1) is 13.7. The van der Waals surface area contributed by atoms with E-state index < -0.39 is 9.84 Å². The van der Waals surface area contributed by atoms with E-state index in [9.17, 15) is 13.2 Å². The Morgan fingerprint density at radius 2 is 2.33 bits per heavy atom. The third kappa shape index (κ3) is 3.88. The van der Waals surface area contributed by atoms with Gasteiger partial charge in [0, 0.05) is 18.2 Å². The molecule has 18 heavy (non-hydrogen) atoms. The zero-order valence-electron chi connectivity index (χ0n) is 10.4. The first-order valence-corrected chi connectivity index (χ1v) is 8.78. The standard InChI is InChI=1S/C12H17NO3S2/c1-9(14)5-11-7-17-12(13-11)6-10-3-2-4-18(15,16)8-10/h7,10H,2-6,8H2,1H3. The van der Waals surface area contributed by atoms with Gasteiger partial charge in [-0.2, -0.15) is 0 Å². The van der Waals surface area contributed by atoms with E-state index in [-0.39, 0.29) is 17.5 Å². The molecule has 0 bridgehead atoms. The minimum absolute atomic E-state index is 0.104. The fourth-order valence-electron chi connectivity index (χ4n) is 2.30. The lowest BCUT2D eigenvalue weighted by Crippen LogP contribution is -2.26. The number of Topliss-reactive ketones (excluding diaryl/α,β-unsaturated/α-hetero) is 1. The smallest absolute Gasteiger partial charge is 0.150 e. The van der Waals surface area contributed by atoms with Crippen LogP contribution in [-0.2, 0) is 27.5 Å². The van der Waals surface area contributed by atoms with Gasteiger partial charge in [0.05, 0.1) is 22.2 Å². The van der Waals surface area contributed by atoms with Crippen LogP contribution in [0.2, 0.25) is 0 Å². The van der Waals surface area contributed by atoms with Crippen LogP contribution in [0, 0.1) is 5.92 Å². The van der Waals surface area contributed by atoms with Crippen LogP contribution < -0.4 is 0 Å². The molecular weight excluding hydrogens is 270 g/mol. The van der Waals surface area contributed by atoms with E-state index in [4.69, 9.17) is 0 Å². The number of thiazole rings is 1. The van der Waals surface area contributed by atoms with Gasteiger partial charge in [0.2, 0.25) is 0 Å². The van der Waals surface area contributed by atoms with Crippen LogP contribution in [0.5, 0.6) is 0 Å². The molecule has 0 radical (unpaired) electrons. The highest BCUT2D eigenvalue weighted by Gasteiger charge is 2.25. The molecule has 0 aliphatic carbocycles. The van der Waals surface area contributed by atoms with Gasteiger partial charge < -0.3 is 0 Å². The highest BCUT2D eigenvalue weighted by molar-refractivity contribution is 7.91. The van der Waals surface area contributed by atoms with Gasteiger partial charge in [-0.1, -0.05) is 0 Å². The summed E-state index contributed by atoms with van der Waals surface area (Å²) in [6.07, 6.45) is 2.82. The van der Waals surface area contributed by atoms with E-state index in [0.717, 1.165) is 30.0 Å². The summed E-state index contributed by atoms with van der Waals surface area (Å²) in [5.74, 6) is 0.915. The number of rotatable bonds is 4. The van der Waals surface area contributed by atoms with Crippen molar-refractivity contribution in [2.45, 2.75) is 32.6 Å². The van der Waals surface area contributed by atoms with Crippen molar-refractivity contribution < 1.29 is 13.2 Å². The summed E-state index contributed by atoms with van der Waals surface area (Å²) in [6, 6.07) is 0. The number of sulfone groups is 1. The van der Waals surface area contributed by atoms with Crippen LogP contribution >= 0.6 is 11.3 Å². The highest BCUT2D eigenvalue weighted by Crippen LogP contribution is 2.24. The molecule has 0 spiro atoms. The Morgan fingerprint density at radius 3 is 3.00 bits per heavy atom. The van der Waals surface area contributed by atoms with Crippen molar-refractivity contribution in [1.82, 2.24) is 4.98 Å². The number of hydrogen-bond donors (Lipinski definition) is 0. The Morgan fingerprint density at radius 1 is 1.56 bits per heavy atom. The maximum atomic E-state index is 11.5. The van der Waals surface area contributed by atoms with E-state index in [2.05, 4.69) is 4.98 Å². The number of hydrogen-bond acceptors (Lipinski definition) is 5. The highest BCUT2D eigenvalue weighted by atomic mass is 32.2. The van der Waals surface area contributed by atoms with E-state index >= 15 is 0 Å². The molecule has 1 unspecified atom stereocenters. The predicted octanol–water partition coefficient (Wildman–Crippen LogP) is 1.64. The molecule has 1 aromatic heterocycles. The lowest BCUT2D eigenvalue weighted by Gasteiger charge is -2.20. The van der Waals surface area contributed by atoms with E-state index in [1.807, 2.05) is 5.38 Å². The fraction of sp³-hybridized carbons (Fsp3) is 0.667. The number of carbonyl (C=O) groups is 1. The molecule has 2 rings (SSSR count). The first-order chi connectivity index (χ1) is 8.44. The monoisotopic (exact) mass is 287 g/mol. The van der Waals surface area contributed by atoms with Crippen molar-refractivity contribution in [3.05, 3.63) is 16.1 Å². The molecule has 0 aromatic carbocycles. The zero-order valence-corrected chi connectivity index (χ0v) is 12.0. The van der Waals surface area contributed by atoms with Crippen LogP contribution in [0.1, 0.15) is 30.5 Å². The molecule has 0 N–H and O–H groups in total. The van der Waals surface area contributed by atoms with Crippen LogP contribution in [0.25, 0.3) is 0 Å². The first-order valence-electron chi connectivity index (χ1n) is 6.08. The second kappa shape index (κ2) is 5.48. The summed E-state index contributed by atoms with van der Waals surface area (Å²) < 4.78 is 23.1. The normalized spacial score (nSPS) is 22.8. The topological polar surface area (TPSA) is 64.1 Å². The fourth-order valence-corrected chi connectivity index (χ4v) is 4.99. The van der Waals surface area contributed by atoms with E-state index in [1.165, 1.54) is 11.3 Å². The average Bonchev–Trinajstić information content (AvgIpc) is 2.62. The van der Waals surface area contributed by atoms with Crippen LogP contribution in [0.4, 0.5) is 0 Å². The zero-order chi connectivity index (χ0) is 13.2. The largest absolute Gasteiger partial charge is 0.300 e. The summed E-state index contributed by atoms with van der Waals surface area (Å²) in [6.45, 7) is 1.55. The summed E-state index contributed by atoms with van der Waals surface area (Å²) in [5.41, 5.74) is 0.807. The van der Waals surface area contributed by atoms with Crippen LogP contribution in [0.3, 0.4) is 0 Å². The van der Waals surface area contributed by atoms with Crippen molar-refractivity contribution in [3.63, 3.8) is 0 Å². The Balaban J connectivity index is 1.97. The lowest BCUT2D eigenvalue weighted by atomic mass is 10.0. The van der Waals surface area contributed by atoms with Gasteiger partial charge >= 0.3 is 0 Å². The Hall–Kier alpha value is -0.750.